The molecular formula is C13H26N2. The highest BCUT2D eigenvalue weighted by atomic mass is 15.2. The fraction of sp³-hybridized carbons (Fsp3) is 1.00. The molecule has 0 radical (unpaired) electrons. The summed E-state index contributed by atoms with van der Waals surface area (Å²) in [5, 5.41) is 0. The molecule has 1 aliphatic heterocycles. The third kappa shape index (κ3) is 2.94. The van der Waals surface area contributed by atoms with Gasteiger partial charge in [0.15, 0.2) is 0 Å². The first kappa shape index (κ1) is 11.4. The average molecular weight is 210 g/mol. The van der Waals surface area contributed by atoms with Crippen LogP contribution in [0.1, 0.15) is 51.9 Å². The van der Waals surface area contributed by atoms with Crippen LogP contribution in [-0.4, -0.2) is 30.1 Å². The maximum Gasteiger partial charge on any atom is 0.00932 e. The minimum Gasteiger partial charge on any atom is -0.328 e. The van der Waals surface area contributed by atoms with Gasteiger partial charge in [-0.2, -0.15) is 0 Å². The predicted molar refractivity (Wildman–Crippen MR) is 64.8 cm³/mol. The van der Waals surface area contributed by atoms with Crippen molar-refractivity contribution in [3.05, 3.63) is 0 Å². The van der Waals surface area contributed by atoms with Crippen LogP contribution >= 0.6 is 0 Å². The second-order valence-electron chi connectivity index (χ2n) is 5.48. The quantitative estimate of drug-likeness (QED) is 0.775. The summed E-state index contributed by atoms with van der Waals surface area (Å²) in [6, 6.07) is 1.39. The first-order valence-corrected chi connectivity index (χ1v) is 6.79. The monoisotopic (exact) mass is 210 g/mol. The molecule has 88 valence electrons. The Balaban J connectivity index is 1.76. The van der Waals surface area contributed by atoms with Crippen LogP contribution < -0.4 is 5.73 Å². The lowest BCUT2D eigenvalue weighted by molar-refractivity contribution is 0.179. The Bertz CT molecular complexity index is 185. The van der Waals surface area contributed by atoms with E-state index in [9.17, 15) is 0 Å². The molecule has 2 nitrogen and oxygen atoms in total. The van der Waals surface area contributed by atoms with Crippen molar-refractivity contribution in [1.29, 1.82) is 0 Å². The third-order valence-corrected chi connectivity index (χ3v) is 4.35. The zero-order chi connectivity index (χ0) is 10.7. The molecule has 2 rings (SSSR count). The van der Waals surface area contributed by atoms with Crippen LogP contribution in [0.3, 0.4) is 0 Å². The molecule has 0 amide bonds. The van der Waals surface area contributed by atoms with Crippen molar-refractivity contribution < 1.29 is 0 Å². The molecule has 0 spiro atoms. The van der Waals surface area contributed by atoms with Crippen molar-refractivity contribution in [2.24, 2.45) is 11.7 Å². The molecule has 1 aliphatic carbocycles. The van der Waals surface area contributed by atoms with Crippen LogP contribution in [0.5, 0.6) is 0 Å². The maximum atomic E-state index is 5.94. The van der Waals surface area contributed by atoms with Crippen molar-refractivity contribution in [2.45, 2.75) is 64.0 Å². The molecule has 0 aromatic heterocycles. The maximum absolute atomic E-state index is 5.94. The Hall–Kier alpha value is -0.0800. The second-order valence-corrected chi connectivity index (χ2v) is 5.48. The zero-order valence-corrected chi connectivity index (χ0v) is 10.1. The molecule has 2 aliphatic rings. The fourth-order valence-corrected chi connectivity index (χ4v) is 3.30. The van der Waals surface area contributed by atoms with Gasteiger partial charge in [-0.25, -0.2) is 0 Å². The van der Waals surface area contributed by atoms with E-state index in [4.69, 9.17) is 5.73 Å². The molecule has 2 fully saturated rings. The molecule has 1 saturated carbocycles. The summed E-state index contributed by atoms with van der Waals surface area (Å²) in [5.41, 5.74) is 5.94. The predicted octanol–water partition coefficient (Wildman–Crippen LogP) is 2.38. The van der Waals surface area contributed by atoms with Gasteiger partial charge in [0.1, 0.15) is 0 Å². The largest absolute Gasteiger partial charge is 0.328 e. The van der Waals surface area contributed by atoms with Crippen molar-refractivity contribution >= 4 is 0 Å². The molecule has 1 atom stereocenters. The molecule has 0 aromatic rings. The standard InChI is InChI=1S/C13H26N2/c1-2-13-4-3-9-15(13)10-11-5-7-12(14)8-6-11/h11-13H,2-10,14H2,1H3. The van der Waals surface area contributed by atoms with Gasteiger partial charge in [0, 0.05) is 18.6 Å². The lowest BCUT2D eigenvalue weighted by Crippen LogP contribution is -2.36. The molecule has 0 aromatic carbocycles. The van der Waals surface area contributed by atoms with E-state index in [1.165, 1.54) is 58.0 Å². The van der Waals surface area contributed by atoms with Gasteiger partial charge in [-0.1, -0.05) is 6.92 Å². The highest BCUT2D eigenvalue weighted by Crippen LogP contribution is 2.27. The number of hydrogen-bond donors (Lipinski definition) is 1. The normalized spacial score (nSPS) is 38.4. The Morgan fingerprint density at radius 3 is 2.53 bits per heavy atom. The summed E-state index contributed by atoms with van der Waals surface area (Å²) in [5.74, 6) is 0.942. The first-order chi connectivity index (χ1) is 7.29. The van der Waals surface area contributed by atoms with Crippen molar-refractivity contribution in [2.75, 3.05) is 13.1 Å². The van der Waals surface area contributed by atoms with E-state index in [1.807, 2.05) is 0 Å². The summed E-state index contributed by atoms with van der Waals surface area (Å²) >= 11 is 0. The first-order valence-electron chi connectivity index (χ1n) is 6.79. The van der Waals surface area contributed by atoms with E-state index >= 15 is 0 Å². The Kier molecular flexibility index (Phi) is 4.04. The van der Waals surface area contributed by atoms with Crippen LogP contribution in [0.15, 0.2) is 0 Å². The second kappa shape index (κ2) is 5.31. The van der Waals surface area contributed by atoms with Gasteiger partial charge in [-0.15, -0.1) is 0 Å². The van der Waals surface area contributed by atoms with Crippen LogP contribution in [0.4, 0.5) is 0 Å². The van der Waals surface area contributed by atoms with E-state index in [0.29, 0.717) is 6.04 Å². The van der Waals surface area contributed by atoms with Gasteiger partial charge in [0.2, 0.25) is 0 Å². The number of nitrogens with zero attached hydrogens (tertiary/aromatic N) is 1. The van der Waals surface area contributed by atoms with Crippen LogP contribution in [0.2, 0.25) is 0 Å². The molecule has 1 saturated heterocycles. The smallest absolute Gasteiger partial charge is 0.00932 e. The summed E-state index contributed by atoms with van der Waals surface area (Å²) in [7, 11) is 0. The lowest BCUT2D eigenvalue weighted by Gasteiger charge is -2.32. The molecule has 2 N–H and O–H groups in total. The van der Waals surface area contributed by atoms with Gasteiger partial charge in [0.25, 0.3) is 0 Å². The highest BCUT2D eigenvalue weighted by molar-refractivity contribution is 4.82. The van der Waals surface area contributed by atoms with Crippen molar-refractivity contribution in [1.82, 2.24) is 4.90 Å². The average Bonchev–Trinajstić information content (AvgIpc) is 2.69. The van der Waals surface area contributed by atoms with Gasteiger partial charge >= 0.3 is 0 Å². The van der Waals surface area contributed by atoms with E-state index < -0.39 is 0 Å². The number of likely N-dealkylation sites (tertiary alicyclic amines) is 1. The fourth-order valence-electron chi connectivity index (χ4n) is 3.30. The van der Waals surface area contributed by atoms with Gasteiger partial charge in [0.05, 0.1) is 0 Å². The Morgan fingerprint density at radius 1 is 1.13 bits per heavy atom. The van der Waals surface area contributed by atoms with Crippen molar-refractivity contribution in [3.63, 3.8) is 0 Å². The Morgan fingerprint density at radius 2 is 1.87 bits per heavy atom. The number of rotatable bonds is 3. The SMILES string of the molecule is CCC1CCCN1CC1CCC(N)CC1. The molecule has 1 heterocycles. The topological polar surface area (TPSA) is 29.3 Å². The Labute approximate surface area is 94.2 Å². The molecule has 2 heteroatoms. The minimum atomic E-state index is 0.502. The van der Waals surface area contributed by atoms with E-state index in [0.717, 1.165) is 12.0 Å². The van der Waals surface area contributed by atoms with E-state index in [1.54, 1.807) is 0 Å². The number of nitrogens with two attached hydrogens (primary N) is 1. The summed E-state index contributed by atoms with van der Waals surface area (Å²) in [4.78, 5) is 2.74. The molecule has 15 heavy (non-hydrogen) atoms. The molecular weight excluding hydrogens is 184 g/mol. The van der Waals surface area contributed by atoms with Gasteiger partial charge in [-0.05, 0) is 57.4 Å². The lowest BCUT2D eigenvalue weighted by atomic mass is 9.86. The van der Waals surface area contributed by atoms with Crippen molar-refractivity contribution in [3.8, 4) is 0 Å². The summed E-state index contributed by atoms with van der Waals surface area (Å²) < 4.78 is 0. The molecule has 0 bridgehead atoms. The number of hydrogen-bond acceptors (Lipinski definition) is 2. The zero-order valence-electron chi connectivity index (χ0n) is 10.1. The van der Waals surface area contributed by atoms with Crippen LogP contribution in [0, 0.1) is 5.92 Å². The highest BCUT2D eigenvalue weighted by Gasteiger charge is 2.27. The minimum absolute atomic E-state index is 0.502. The van der Waals surface area contributed by atoms with Gasteiger partial charge in [-0.3, -0.25) is 0 Å². The van der Waals surface area contributed by atoms with E-state index in [-0.39, 0.29) is 0 Å². The molecule has 1 unspecified atom stereocenters. The summed E-state index contributed by atoms with van der Waals surface area (Å²) in [6.45, 7) is 5.03. The van der Waals surface area contributed by atoms with Crippen LogP contribution in [0.25, 0.3) is 0 Å². The van der Waals surface area contributed by atoms with E-state index in [2.05, 4.69) is 11.8 Å². The third-order valence-electron chi connectivity index (χ3n) is 4.35. The van der Waals surface area contributed by atoms with Crippen LogP contribution in [-0.2, 0) is 0 Å². The summed E-state index contributed by atoms with van der Waals surface area (Å²) in [6.07, 6.45) is 9.45. The van der Waals surface area contributed by atoms with Gasteiger partial charge < -0.3 is 10.6 Å².